The van der Waals surface area contributed by atoms with Gasteiger partial charge in [-0.1, -0.05) is 24.3 Å². The van der Waals surface area contributed by atoms with Crippen molar-refractivity contribution < 1.29 is 14.3 Å². The van der Waals surface area contributed by atoms with E-state index in [0.717, 1.165) is 16.9 Å². The number of ether oxygens (including phenoxy) is 2. The van der Waals surface area contributed by atoms with Gasteiger partial charge in [-0.25, -0.2) is 0 Å². The molecule has 0 aliphatic carbocycles. The highest BCUT2D eigenvalue weighted by Gasteiger charge is 2.29. The fourth-order valence-electron chi connectivity index (χ4n) is 2.93. The molecule has 3 rings (SSSR count). The van der Waals surface area contributed by atoms with Gasteiger partial charge in [-0.15, -0.1) is 0 Å². The number of fused-ring (bicyclic) bond motifs is 1. The molecule has 1 aromatic carbocycles. The molecule has 1 atom stereocenters. The van der Waals surface area contributed by atoms with E-state index < -0.39 is 0 Å². The van der Waals surface area contributed by atoms with E-state index in [1.807, 2.05) is 41.3 Å². The van der Waals surface area contributed by atoms with Crippen LogP contribution in [0.5, 0.6) is 5.75 Å². The molecule has 1 amide bonds. The molecule has 2 aromatic rings. The van der Waals surface area contributed by atoms with Gasteiger partial charge in [0.05, 0.1) is 12.5 Å². The number of hydrogen-bond donors (Lipinski definition) is 0. The van der Waals surface area contributed by atoms with Gasteiger partial charge < -0.3 is 14.4 Å². The second kappa shape index (κ2) is 7.93. The van der Waals surface area contributed by atoms with Crippen molar-refractivity contribution in [2.75, 3.05) is 26.9 Å². The lowest BCUT2D eigenvalue weighted by atomic mass is 9.95. The van der Waals surface area contributed by atoms with Crippen molar-refractivity contribution in [1.82, 2.24) is 9.88 Å². The van der Waals surface area contributed by atoms with Crippen LogP contribution in [0.3, 0.4) is 0 Å². The predicted molar refractivity (Wildman–Crippen MR) is 90.7 cm³/mol. The minimum atomic E-state index is -0.159. The van der Waals surface area contributed by atoms with Crippen LogP contribution in [-0.2, 0) is 22.5 Å². The average Bonchev–Trinajstić information content (AvgIpc) is 2.65. The largest absolute Gasteiger partial charge is 0.492 e. The minimum absolute atomic E-state index is 0.102. The number of pyridine rings is 1. The van der Waals surface area contributed by atoms with Crippen molar-refractivity contribution in [3.05, 3.63) is 59.9 Å². The van der Waals surface area contributed by atoms with Gasteiger partial charge in [0.15, 0.2) is 0 Å². The summed E-state index contributed by atoms with van der Waals surface area (Å²) in [5.74, 6) is 0.830. The van der Waals surface area contributed by atoms with E-state index >= 15 is 0 Å². The molecule has 0 saturated heterocycles. The van der Waals surface area contributed by atoms with Gasteiger partial charge in [-0.3, -0.25) is 9.78 Å². The quantitative estimate of drug-likeness (QED) is 0.817. The van der Waals surface area contributed by atoms with Crippen molar-refractivity contribution in [1.29, 1.82) is 0 Å². The van der Waals surface area contributed by atoms with E-state index in [9.17, 15) is 4.79 Å². The number of benzene rings is 1. The second-order valence-corrected chi connectivity index (χ2v) is 5.93. The van der Waals surface area contributed by atoms with Gasteiger partial charge in [-0.05, 0) is 29.7 Å². The summed E-state index contributed by atoms with van der Waals surface area (Å²) in [5, 5.41) is 0. The molecule has 0 radical (unpaired) electrons. The Balaban J connectivity index is 1.71. The summed E-state index contributed by atoms with van der Waals surface area (Å²) < 4.78 is 10.9. The summed E-state index contributed by atoms with van der Waals surface area (Å²) in [4.78, 5) is 18.9. The summed E-state index contributed by atoms with van der Waals surface area (Å²) in [6.45, 7) is 2.03. The van der Waals surface area contributed by atoms with E-state index in [0.29, 0.717) is 32.7 Å². The number of amides is 1. The van der Waals surface area contributed by atoms with E-state index in [-0.39, 0.29) is 11.8 Å². The van der Waals surface area contributed by atoms with Crippen LogP contribution in [0.2, 0.25) is 0 Å². The van der Waals surface area contributed by atoms with Crippen molar-refractivity contribution in [3.63, 3.8) is 0 Å². The number of aromatic nitrogens is 1. The van der Waals surface area contributed by atoms with Gasteiger partial charge in [0.25, 0.3) is 0 Å². The first-order valence-electron chi connectivity index (χ1n) is 8.15. The highest BCUT2D eigenvalue weighted by atomic mass is 16.5. The third-order valence-electron chi connectivity index (χ3n) is 4.20. The maximum absolute atomic E-state index is 13.0. The Labute approximate surface area is 142 Å². The number of rotatable bonds is 6. The minimum Gasteiger partial charge on any atom is -0.492 e. The molecule has 0 N–H and O–H groups in total. The Morgan fingerprint density at radius 1 is 1.33 bits per heavy atom. The molecule has 0 saturated carbocycles. The summed E-state index contributed by atoms with van der Waals surface area (Å²) in [7, 11) is 1.65. The molecule has 1 aliphatic heterocycles. The Hall–Kier alpha value is -2.40. The third-order valence-corrected chi connectivity index (χ3v) is 4.20. The summed E-state index contributed by atoms with van der Waals surface area (Å²) >= 11 is 0. The fourth-order valence-corrected chi connectivity index (χ4v) is 2.93. The van der Waals surface area contributed by atoms with E-state index in [4.69, 9.17) is 9.47 Å². The Morgan fingerprint density at radius 2 is 2.21 bits per heavy atom. The van der Waals surface area contributed by atoms with Gasteiger partial charge in [0.1, 0.15) is 12.4 Å². The lowest BCUT2D eigenvalue weighted by Crippen LogP contribution is -2.42. The van der Waals surface area contributed by atoms with Crippen LogP contribution in [-0.4, -0.2) is 42.7 Å². The Morgan fingerprint density at radius 3 is 3.00 bits per heavy atom. The van der Waals surface area contributed by atoms with Crippen molar-refractivity contribution in [2.45, 2.75) is 13.0 Å². The van der Waals surface area contributed by atoms with E-state index in [1.165, 1.54) is 0 Å². The van der Waals surface area contributed by atoms with E-state index in [1.54, 1.807) is 19.5 Å². The third kappa shape index (κ3) is 3.92. The molecule has 0 fully saturated rings. The SMILES string of the molecule is COCCN(Cc1cccnc1)C(=O)C1COc2ccccc2C1. The zero-order valence-electron chi connectivity index (χ0n) is 13.9. The fraction of sp³-hybridized carbons (Fsp3) is 0.368. The molecule has 24 heavy (non-hydrogen) atoms. The highest BCUT2D eigenvalue weighted by Crippen LogP contribution is 2.28. The van der Waals surface area contributed by atoms with Gasteiger partial charge >= 0.3 is 0 Å². The lowest BCUT2D eigenvalue weighted by molar-refractivity contribution is -0.138. The van der Waals surface area contributed by atoms with Crippen LogP contribution in [0.1, 0.15) is 11.1 Å². The number of carbonyl (C=O) groups excluding carboxylic acids is 1. The van der Waals surface area contributed by atoms with Gasteiger partial charge in [0.2, 0.25) is 5.91 Å². The Kier molecular flexibility index (Phi) is 5.43. The lowest BCUT2D eigenvalue weighted by Gasteiger charge is -2.30. The first kappa shape index (κ1) is 16.5. The van der Waals surface area contributed by atoms with Crippen molar-refractivity contribution >= 4 is 5.91 Å². The van der Waals surface area contributed by atoms with Crippen LogP contribution < -0.4 is 4.74 Å². The smallest absolute Gasteiger partial charge is 0.229 e. The summed E-state index contributed by atoms with van der Waals surface area (Å²) in [5.41, 5.74) is 2.11. The number of carbonyl (C=O) groups is 1. The molecular weight excluding hydrogens is 304 g/mol. The van der Waals surface area contributed by atoms with Crippen LogP contribution in [0.4, 0.5) is 0 Å². The average molecular weight is 326 g/mol. The maximum atomic E-state index is 13.0. The molecule has 0 spiro atoms. The molecule has 5 heteroatoms. The topological polar surface area (TPSA) is 51.7 Å². The zero-order valence-corrected chi connectivity index (χ0v) is 13.9. The number of nitrogens with zero attached hydrogens (tertiary/aromatic N) is 2. The number of hydrogen-bond acceptors (Lipinski definition) is 4. The Bertz CT molecular complexity index is 675. The monoisotopic (exact) mass is 326 g/mol. The predicted octanol–water partition coefficient (Wildman–Crippen LogP) is 2.31. The normalized spacial score (nSPS) is 16.1. The number of para-hydroxylation sites is 1. The summed E-state index contributed by atoms with van der Waals surface area (Å²) in [6.07, 6.45) is 4.24. The van der Waals surface area contributed by atoms with Crippen molar-refractivity contribution in [3.8, 4) is 5.75 Å². The standard InChI is InChI=1S/C19H22N2O3/c1-23-10-9-21(13-15-5-4-8-20-12-15)19(22)17-11-16-6-2-3-7-18(16)24-14-17/h2-8,12,17H,9-11,13-14H2,1H3. The van der Waals surface area contributed by atoms with E-state index in [2.05, 4.69) is 4.98 Å². The molecule has 1 aromatic heterocycles. The molecule has 1 unspecified atom stereocenters. The maximum Gasteiger partial charge on any atom is 0.229 e. The molecule has 2 heterocycles. The van der Waals surface area contributed by atoms with Gasteiger partial charge in [-0.2, -0.15) is 0 Å². The molecule has 0 bridgehead atoms. The van der Waals surface area contributed by atoms with Crippen molar-refractivity contribution in [2.24, 2.45) is 5.92 Å². The molecule has 5 nitrogen and oxygen atoms in total. The first-order chi connectivity index (χ1) is 11.8. The molecular formula is C19H22N2O3. The molecule has 1 aliphatic rings. The zero-order chi connectivity index (χ0) is 16.8. The molecule has 126 valence electrons. The van der Waals surface area contributed by atoms with Crippen LogP contribution in [0.15, 0.2) is 48.8 Å². The highest BCUT2D eigenvalue weighted by molar-refractivity contribution is 5.79. The van der Waals surface area contributed by atoms with Crippen LogP contribution >= 0.6 is 0 Å². The van der Waals surface area contributed by atoms with Crippen LogP contribution in [0, 0.1) is 5.92 Å². The van der Waals surface area contributed by atoms with Crippen LogP contribution in [0.25, 0.3) is 0 Å². The van der Waals surface area contributed by atoms with Gasteiger partial charge in [0, 0.05) is 32.6 Å². The second-order valence-electron chi connectivity index (χ2n) is 5.93. The first-order valence-corrected chi connectivity index (χ1v) is 8.15. The summed E-state index contributed by atoms with van der Waals surface area (Å²) in [6, 6.07) is 11.8. The number of methoxy groups -OCH3 is 1.